The monoisotopic (exact) mass is 274 g/mol. The minimum absolute atomic E-state index is 0.579. The van der Waals surface area contributed by atoms with E-state index in [1.165, 1.54) is 25.7 Å². The second-order valence-electron chi connectivity index (χ2n) is 6.33. The van der Waals surface area contributed by atoms with Gasteiger partial charge in [0.25, 0.3) is 0 Å². The number of nitriles is 1. The fourth-order valence-electron chi connectivity index (χ4n) is 3.18. The Labute approximate surface area is 122 Å². The fourth-order valence-corrected chi connectivity index (χ4v) is 3.18. The minimum atomic E-state index is 0.579. The number of rotatable bonds is 5. The van der Waals surface area contributed by atoms with Gasteiger partial charge in [0.05, 0.1) is 5.69 Å². The van der Waals surface area contributed by atoms with Crippen molar-refractivity contribution in [1.82, 2.24) is 9.78 Å². The second kappa shape index (κ2) is 6.30. The zero-order chi connectivity index (χ0) is 14.7. The van der Waals surface area contributed by atoms with E-state index >= 15 is 0 Å². The van der Waals surface area contributed by atoms with Crippen LogP contribution in [0.2, 0.25) is 0 Å². The molecule has 110 valence electrons. The van der Waals surface area contributed by atoms with Gasteiger partial charge in [-0.25, -0.2) is 0 Å². The Hall–Kier alpha value is -1.50. The Balaban J connectivity index is 2.32. The molecule has 20 heavy (non-hydrogen) atoms. The van der Waals surface area contributed by atoms with Gasteiger partial charge in [-0.15, -0.1) is 0 Å². The van der Waals surface area contributed by atoms with Crippen molar-refractivity contribution in [3.8, 4) is 6.07 Å². The van der Waals surface area contributed by atoms with E-state index in [1.807, 2.05) is 18.7 Å². The fraction of sp³-hybridized carbons (Fsp3) is 0.750. The molecule has 0 bridgehead atoms. The van der Waals surface area contributed by atoms with Crippen LogP contribution in [-0.4, -0.2) is 22.4 Å². The molecule has 4 nitrogen and oxygen atoms in total. The molecule has 0 amide bonds. The lowest BCUT2D eigenvalue weighted by Crippen LogP contribution is -2.36. The van der Waals surface area contributed by atoms with Gasteiger partial charge in [0.15, 0.2) is 0 Å². The molecule has 0 N–H and O–H groups in total. The highest BCUT2D eigenvalue weighted by molar-refractivity contribution is 5.57. The molecule has 1 heterocycles. The lowest BCUT2D eigenvalue weighted by atomic mass is 10.1. The van der Waals surface area contributed by atoms with E-state index < -0.39 is 0 Å². The molecule has 1 fully saturated rings. The number of anilines is 1. The maximum absolute atomic E-state index is 9.45. The predicted molar refractivity (Wildman–Crippen MR) is 81.7 cm³/mol. The standard InChI is InChI=1S/C16H26N4/c1-12(2)9-10-20(14-7-5-6-8-14)16-15(11-17)13(3)18-19(16)4/h12,14H,5-10H2,1-4H3. The van der Waals surface area contributed by atoms with E-state index in [0.717, 1.165) is 30.0 Å². The zero-order valence-corrected chi connectivity index (χ0v) is 13.2. The first-order valence-electron chi connectivity index (χ1n) is 7.75. The third kappa shape index (κ3) is 2.98. The van der Waals surface area contributed by atoms with E-state index in [4.69, 9.17) is 0 Å². The van der Waals surface area contributed by atoms with E-state index in [9.17, 15) is 5.26 Å². The van der Waals surface area contributed by atoms with Crippen LogP contribution in [0.3, 0.4) is 0 Å². The summed E-state index contributed by atoms with van der Waals surface area (Å²) >= 11 is 0. The lowest BCUT2D eigenvalue weighted by molar-refractivity contribution is 0.516. The summed E-state index contributed by atoms with van der Waals surface area (Å²) in [5.74, 6) is 1.70. The van der Waals surface area contributed by atoms with Crippen LogP contribution in [0, 0.1) is 24.2 Å². The SMILES string of the molecule is Cc1nn(C)c(N(CCC(C)C)C2CCCC2)c1C#N. The van der Waals surface area contributed by atoms with Crippen LogP contribution in [0.4, 0.5) is 5.82 Å². The highest BCUT2D eigenvalue weighted by atomic mass is 15.4. The number of hydrogen-bond donors (Lipinski definition) is 0. The number of aryl methyl sites for hydroxylation is 2. The third-order valence-corrected chi connectivity index (χ3v) is 4.29. The highest BCUT2D eigenvalue weighted by Crippen LogP contribution is 2.31. The van der Waals surface area contributed by atoms with Crippen LogP contribution >= 0.6 is 0 Å². The Kier molecular flexibility index (Phi) is 4.69. The van der Waals surface area contributed by atoms with Crippen molar-refractivity contribution < 1.29 is 0 Å². The Morgan fingerprint density at radius 2 is 2.05 bits per heavy atom. The third-order valence-electron chi connectivity index (χ3n) is 4.29. The van der Waals surface area contributed by atoms with E-state index in [-0.39, 0.29) is 0 Å². The molecule has 0 unspecified atom stereocenters. The van der Waals surface area contributed by atoms with Crippen LogP contribution < -0.4 is 4.90 Å². The van der Waals surface area contributed by atoms with Crippen molar-refractivity contribution in [2.45, 2.75) is 58.9 Å². The van der Waals surface area contributed by atoms with Crippen molar-refractivity contribution in [2.75, 3.05) is 11.4 Å². The summed E-state index contributed by atoms with van der Waals surface area (Å²) in [6.07, 6.45) is 6.26. The van der Waals surface area contributed by atoms with Crippen LogP contribution in [0.1, 0.15) is 57.2 Å². The smallest absolute Gasteiger partial charge is 0.145 e. The van der Waals surface area contributed by atoms with Gasteiger partial charge in [-0.1, -0.05) is 26.7 Å². The topological polar surface area (TPSA) is 44.9 Å². The van der Waals surface area contributed by atoms with Gasteiger partial charge in [0, 0.05) is 19.6 Å². The van der Waals surface area contributed by atoms with Crippen LogP contribution in [0.5, 0.6) is 0 Å². The summed E-state index contributed by atoms with van der Waals surface area (Å²) in [6, 6.07) is 2.93. The predicted octanol–water partition coefficient (Wildman–Crippen LogP) is 3.40. The molecule has 1 aromatic rings. The molecule has 0 radical (unpaired) electrons. The van der Waals surface area contributed by atoms with Crippen molar-refractivity contribution in [3.05, 3.63) is 11.3 Å². The lowest BCUT2D eigenvalue weighted by Gasteiger charge is -2.31. The average Bonchev–Trinajstić information content (AvgIpc) is 2.99. The maximum Gasteiger partial charge on any atom is 0.145 e. The van der Waals surface area contributed by atoms with Crippen molar-refractivity contribution >= 4 is 5.82 Å². The first-order chi connectivity index (χ1) is 9.54. The van der Waals surface area contributed by atoms with E-state index in [1.54, 1.807) is 0 Å². The molecule has 1 saturated carbocycles. The van der Waals surface area contributed by atoms with Gasteiger partial charge >= 0.3 is 0 Å². The highest BCUT2D eigenvalue weighted by Gasteiger charge is 2.28. The van der Waals surface area contributed by atoms with Gasteiger partial charge in [-0.3, -0.25) is 4.68 Å². The molecular formula is C16H26N4. The second-order valence-corrected chi connectivity index (χ2v) is 6.33. The first-order valence-corrected chi connectivity index (χ1v) is 7.75. The molecule has 0 spiro atoms. The van der Waals surface area contributed by atoms with Crippen molar-refractivity contribution in [2.24, 2.45) is 13.0 Å². The molecular weight excluding hydrogens is 248 g/mol. The number of nitrogens with zero attached hydrogens (tertiary/aromatic N) is 4. The van der Waals surface area contributed by atoms with Crippen LogP contribution in [-0.2, 0) is 7.05 Å². The summed E-state index contributed by atoms with van der Waals surface area (Å²) < 4.78 is 1.90. The van der Waals surface area contributed by atoms with Crippen LogP contribution in [0.15, 0.2) is 0 Å². The average molecular weight is 274 g/mol. The normalized spacial score (nSPS) is 15.8. The molecule has 1 aliphatic carbocycles. The van der Waals surface area contributed by atoms with Crippen LogP contribution in [0.25, 0.3) is 0 Å². The number of aromatic nitrogens is 2. The van der Waals surface area contributed by atoms with Gasteiger partial charge in [-0.05, 0) is 32.1 Å². The van der Waals surface area contributed by atoms with Gasteiger partial charge in [-0.2, -0.15) is 10.4 Å². The Morgan fingerprint density at radius 1 is 1.40 bits per heavy atom. The minimum Gasteiger partial charge on any atom is -0.353 e. The molecule has 0 aliphatic heterocycles. The molecule has 0 atom stereocenters. The largest absolute Gasteiger partial charge is 0.353 e. The molecule has 2 rings (SSSR count). The Bertz CT molecular complexity index is 489. The van der Waals surface area contributed by atoms with Crippen molar-refractivity contribution in [3.63, 3.8) is 0 Å². The van der Waals surface area contributed by atoms with Gasteiger partial charge < -0.3 is 4.90 Å². The first kappa shape index (κ1) is 14.9. The molecule has 4 heteroatoms. The number of hydrogen-bond acceptors (Lipinski definition) is 3. The maximum atomic E-state index is 9.45. The van der Waals surface area contributed by atoms with Gasteiger partial charge in [0.1, 0.15) is 17.5 Å². The summed E-state index contributed by atoms with van der Waals surface area (Å²) in [5.41, 5.74) is 1.60. The summed E-state index contributed by atoms with van der Waals surface area (Å²) in [4.78, 5) is 2.45. The summed E-state index contributed by atoms with van der Waals surface area (Å²) in [7, 11) is 1.96. The van der Waals surface area contributed by atoms with E-state index in [2.05, 4.69) is 29.9 Å². The quantitative estimate of drug-likeness (QED) is 0.826. The zero-order valence-electron chi connectivity index (χ0n) is 13.2. The Morgan fingerprint density at radius 3 is 2.60 bits per heavy atom. The van der Waals surface area contributed by atoms with Gasteiger partial charge in [0.2, 0.25) is 0 Å². The molecule has 1 aliphatic rings. The molecule has 1 aromatic heterocycles. The summed E-state index contributed by atoms with van der Waals surface area (Å²) in [5, 5.41) is 13.9. The molecule has 0 saturated heterocycles. The van der Waals surface area contributed by atoms with Crippen molar-refractivity contribution in [1.29, 1.82) is 5.26 Å². The van der Waals surface area contributed by atoms with E-state index in [0.29, 0.717) is 12.0 Å². The molecule has 0 aromatic carbocycles. The summed E-state index contributed by atoms with van der Waals surface area (Å²) in [6.45, 7) is 7.46.